The van der Waals surface area contributed by atoms with Crippen molar-refractivity contribution < 1.29 is 4.79 Å². The summed E-state index contributed by atoms with van der Waals surface area (Å²) in [5, 5.41) is 0. The fraction of sp³-hybridized carbons (Fsp3) is 0.526. The van der Waals surface area contributed by atoms with Crippen LogP contribution in [0.25, 0.3) is 6.08 Å². The minimum absolute atomic E-state index is 0.319. The van der Waals surface area contributed by atoms with Crippen molar-refractivity contribution in [2.24, 2.45) is 0 Å². The average Bonchev–Trinajstić information content (AvgIpc) is 3.12. The molecule has 23 heavy (non-hydrogen) atoms. The summed E-state index contributed by atoms with van der Waals surface area (Å²) in [7, 11) is 0. The molecule has 124 valence electrons. The molecule has 1 amide bonds. The van der Waals surface area contributed by atoms with E-state index in [9.17, 15) is 4.79 Å². The average molecular weight is 313 g/mol. The van der Waals surface area contributed by atoms with E-state index < -0.39 is 0 Å². The Hall–Kier alpha value is -1.65. The predicted octanol–water partition coefficient (Wildman–Crippen LogP) is 1.94. The van der Waals surface area contributed by atoms with Gasteiger partial charge in [-0.05, 0) is 18.4 Å². The molecule has 2 fully saturated rings. The zero-order valence-electron chi connectivity index (χ0n) is 13.9. The maximum absolute atomic E-state index is 12.2. The minimum Gasteiger partial charge on any atom is -0.342 e. The molecule has 3 rings (SSSR count). The van der Waals surface area contributed by atoms with E-state index in [1.165, 1.54) is 18.4 Å². The highest BCUT2D eigenvalue weighted by Crippen LogP contribution is 2.09. The zero-order chi connectivity index (χ0) is 15.9. The lowest BCUT2D eigenvalue weighted by molar-refractivity contribution is -0.131. The van der Waals surface area contributed by atoms with E-state index in [0.29, 0.717) is 12.5 Å². The third-order valence-electron chi connectivity index (χ3n) is 4.76. The van der Waals surface area contributed by atoms with Crippen LogP contribution < -0.4 is 0 Å². The quantitative estimate of drug-likeness (QED) is 0.831. The summed E-state index contributed by atoms with van der Waals surface area (Å²) in [5.74, 6) is 0.319. The maximum atomic E-state index is 12.2. The molecule has 0 spiro atoms. The van der Waals surface area contributed by atoms with E-state index in [-0.39, 0.29) is 0 Å². The molecule has 2 aliphatic rings. The van der Waals surface area contributed by atoms with Gasteiger partial charge in [0.15, 0.2) is 0 Å². The van der Waals surface area contributed by atoms with Crippen molar-refractivity contribution in [1.29, 1.82) is 0 Å². The Balaban J connectivity index is 1.36. The molecule has 4 nitrogen and oxygen atoms in total. The first-order valence-corrected chi connectivity index (χ1v) is 8.75. The normalized spacial score (nSPS) is 20.4. The van der Waals surface area contributed by atoms with Gasteiger partial charge in [-0.15, -0.1) is 0 Å². The second kappa shape index (κ2) is 8.27. The molecule has 2 heterocycles. The molecule has 1 aromatic rings. The van der Waals surface area contributed by atoms with Crippen LogP contribution in [0.3, 0.4) is 0 Å². The van der Waals surface area contributed by atoms with Crippen LogP contribution >= 0.6 is 0 Å². The molecule has 0 aromatic heterocycles. The summed E-state index contributed by atoms with van der Waals surface area (Å²) in [6.45, 7) is 7.61. The lowest BCUT2D eigenvalue weighted by Crippen LogP contribution is -2.49. The molecule has 4 heteroatoms. The number of benzene rings is 1. The third-order valence-corrected chi connectivity index (χ3v) is 4.76. The highest BCUT2D eigenvalue weighted by Gasteiger charge is 2.22. The molecule has 0 N–H and O–H groups in total. The summed E-state index contributed by atoms with van der Waals surface area (Å²) in [5.41, 5.74) is 1.25. The van der Waals surface area contributed by atoms with Crippen molar-refractivity contribution >= 4 is 12.0 Å². The molecular formula is C19H27N3O. The number of carbonyl (C=O) groups excluding carboxylic acids is 1. The fourth-order valence-corrected chi connectivity index (χ4v) is 3.29. The Morgan fingerprint density at radius 1 is 0.913 bits per heavy atom. The SMILES string of the molecule is O=C(CN1CCN(CC=Cc2ccccc2)CC1)N1CCCC1. The number of rotatable bonds is 5. The Bertz CT molecular complexity index is 515. The summed E-state index contributed by atoms with van der Waals surface area (Å²) < 4.78 is 0. The summed E-state index contributed by atoms with van der Waals surface area (Å²) in [4.78, 5) is 19.0. The zero-order valence-corrected chi connectivity index (χ0v) is 13.9. The first-order valence-electron chi connectivity index (χ1n) is 8.75. The van der Waals surface area contributed by atoms with Crippen LogP contribution in [0.1, 0.15) is 18.4 Å². The van der Waals surface area contributed by atoms with Crippen molar-refractivity contribution in [3.8, 4) is 0 Å². The highest BCUT2D eigenvalue weighted by molar-refractivity contribution is 5.78. The summed E-state index contributed by atoms with van der Waals surface area (Å²) in [6, 6.07) is 10.4. The van der Waals surface area contributed by atoms with E-state index in [0.717, 1.165) is 45.8 Å². The molecule has 2 saturated heterocycles. The molecule has 0 unspecified atom stereocenters. The van der Waals surface area contributed by atoms with E-state index in [2.05, 4.69) is 46.2 Å². The van der Waals surface area contributed by atoms with Gasteiger partial charge >= 0.3 is 0 Å². The van der Waals surface area contributed by atoms with Crippen molar-refractivity contribution in [3.63, 3.8) is 0 Å². The van der Waals surface area contributed by atoms with Crippen LogP contribution in [-0.4, -0.2) is 73.0 Å². The van der Waals surface area contributed by atoms with Gasteiger partial charge in [-0.3, -0.25) is 14.6 Å². The standard InChI is InChI=1S/C19H27N3O/c23-19(22-11-4-5-12-22)17-21-15-13-20(14-16-21)10-6-9-18-7-2-1-3-8-18/h1-3,6-9H,4-5,10-17H2. The van der Waals surface area contributed by atoms with Gasteiger partial charge in [-0.1, -0.05) is 42.5 Å². The third kappa shape index (κ3) is 4.91. The number of nitrogens with zero attached hydrogens (tertiary/aromatic N) is 3. The van der Waals surface area contributed by atoms with Crippen LogP contribution in [0.15, 0.2) is 36.4 Å². The van der Waals surface area contributed by atoms with Crippen molar-refractivity contribution in [2.75, 3.05) is 52.4 Å². The van der Waals surface area contributed by atoms with Crippen LogP contribution in [-0.2, 0) is 4.79 Å². The molecule has 0 aliphatic carbocycles. The van der Waals surface area contributed by atoms with Gasteiger partial charge in [-0.25, -0.2) is 0 Å². The van der Waals surface area contributed by atoms with Gasteiger partial charge in [0.25, 0.3) is 0 Å². The number of hydrogen-bond acceptors (Lipinski definition) is 3. The number of hydrogen-bond donors (Lipinski definition) is 0. The van der Waals surface area contributed by atoms with E-state index in [1.54, 1.807) is 0 Å². The van der Waals surface area contributed by atoms with Gasteiger partial charge in [0.05, 0.1) is 6.54 Å². The lowest BCUT2D eigenvalue weighted by atomic mass is 10.2. The number of carbonyl (C=O) groups is 1. The van der Waals surface area contributed by atoms with Gasteiger partial charge in [0, 0.05) is 45.8 Å². The number of amides is 1. The number of piperazine rings is 1. The fourth-order valence-electron chi connectivity index (χ4n) is 3.29. The predicted molar refractivity (Wildman–Crippen MR) is 94.2 cm³/mol. The van der Waals surface area contributed by atoms with Crippen LogP contribution in [0.4, 0.5) is 0 Å². The largest absolute Gasteiger partial charge is 0.342 e. The summed E-state index contributed by atoms with van der Waals surface area (Å²) in [6.07, 6.45) is 6.77. The molecule has 0 saturated carbocycles. The lowest BCUT2D eigenvalue weighted by Gasteiger charge is -2.34. The first-order chi connectivity index (χ1) is 11.3. The molecule has 2 aliphatic heterocycles. The topological polar surface area (TPSA) is 26.8 Å². The van der Waals surface area contributed by atoms with E-state index >= 15 is 0 Å². The minimum atomic E-state index is 0.319. The second-order valence-electron chi connectivity index (χ2n) is 6.48. The smallest absolute Gasteiger partial charge is 0.236 e. The Morgan fingerprint density at radius 2 is 1.57 bits per heavy atom. The molecule has 0 bridgehead atoms. The Labute approximate surface area is 139 Å². The van der Waals surface area contributed by atoms with Crippen molar-refractivity contribution in [1.82, 2.24) is 14.7 Å². The summed E-state index contributed by atoms with van der Waals surface area (Å²) >= 11 is 0. The van der Waals surface area contributed by atoms with Crippen molar-refractivity contribution in [3.05, 3.63) is 42.0 Å². The van der Waals surface area contributed by atoms with Crippen LogP contribution in [0.2, 0.25) is 0 Å². The van der Waals surface area contributed by atoms with E-state index in [4.69, 9.17) is 0 Å². The monoisotopic (exact) mass is 313 g/mol. The maximum Gasteiger partial charge on any atom is 0.236 e. The van der Waals surface area contributed by atoms with Crippen LogP contribution in [0, 0.1) is 0 Å². The van der Waals surface area contributed by atoms with Crippen molar-refractivity contribution in [2.45, 2.75) is 12.8 Å². The van der Waals surface area contributed by atoms with Gasteiger partial charge < -0.3 is 4.90 Å². The second-order valence-corrected chi connectivity index (χ2v) is 6.48. The van der Waals surface area contributed by atoms with Gasteiger partial charge in [-0.2, -0.15) is 0 Å². The Morgan fingerprint density at radius 3 is 2.26 bits per heavy atom. The number of likely N-dealkylation sites (tertiary alicyclic amines) is 1. The van der Waals surface area contributed by atoms with Gasteiger partial charge in [0.1, 0.15) is 0 Å². The van der Waals surface area contributed by atoms with E-state index in [1.807, 2.05) is 11.0 Å². The van der Waals surface area contributed by atoms with Crippen LogP contribution in [0.5, 0.6) is 0 Å². The molecular weight excluding hydrogens is 286 g/mol. The van der Waals surface area contributed by atoms with Gasteiger partial charge in [0.2, 0.25) is 5.91 Å². The first kappa shape index (κ1) is 16.2. The highest BCUT2D eigenvalue weighted by atomic mass is 16.2. The molecule has 1 aromatic carbocycles. The Kier molecular flexibility index (Phi) is 5.83. The molecule has 0 atom stereocenters. The molecule has 0 radical (unpaired) electrons.